The van der Waals surface area contributed by atoms with Crippen LogP contribution in [0.1, 0.15) is 25.0 Å². The van der Waals surface area contributed by atoms with Crippen molar-refractivity contribution in [2.24, 2.45) is 0 Å². The molecule has 9 aromatic carbocycles. The van der Waals surface area contributed by atoms with Gasteiger partial charge in [0.25, 0.3) is 0 Å². The molecule has 276 valence electrons. The average Bonchev–Trinajstić information content (AvgIpc) is 3.30. The molecule has 1 nitrogen and oxygen atoms in total. The van der Waals surface area contributed by atoms with Gasteiger partial charge in [-0.2, -0.15) is 0 Å². The number of hydrogen-bond donors (Lipinski definition) is 0. The standard InChI is InChI=1S/C57H43N/c1-57(2)53-38-50(47-27-25-44(26-28-47)41-15-8-4-9-16-41)31-35-55(53)58(52-33-29-46(30-34-52)45-23-21-43(22-24-45)40-13-6-3-7-14-40)56-36-32-51(39-54(56)57)49-20-12-19-48(37-49)42-17-10-5-11-18-42/h3-39H,1-2H3. The summed E-state index contributed by atoms with van der Waals surface area (Å²) in [4.78, 5) is 2.46. The quantitative estimate of drug-likeness (QED) is 0.157. The molecule has 0 saturated heterocycles. The summed E-state index contributed by atoms with van der Waals surface area (Å²) in [5.74, 6) is 0. The van der Waals surface area contributed by atoms with E-state index in [2.05, 4.69) is 243 Å². The zero-order chi connectivity index (χ0) is 39.1. The van der Waals surface area contributed by atoms with E-state index in [-0.39, 0.29) is 5.41 Å². The van der Waals surface area contributed by atoms with E-state index in [1.54, 1.807) is 0 Å². The van der Waals surface area contributed by atoms with Crippen molar-refractivity contribution in [3.63, 3.8) is 0 Å². The van der Waals surface area contributed by atoms with Crippen molar-refractivity contribution in [2.75, 3.05) is 4.90 Å². The normalized spacial score (nSPS) is 12.8. The first-order chi connectivity index (χ1) is 28.5. The molecule has 1 heteroatoms. The van der Waals surface area contributed by atoms with Gasteiger partial charge in [0.1, 0.15) is 0 Å². The van der Waals surface area contributed by atoms with Gasteiger partial charge in [-0.15, -0.1) is 0 Å². The van der Waals surface area contributed by atoms with Crippen LogP contribution in [0.25, 0.3) is 66.8 Å². The minimum Gasteiger partial charge on any atom is -0.310 e. The van der Waals surface area contributed by atoms with Gasteiger partial charge in [0.2, 0.25) is 0 Å². The fraction of sp³-hybridized carbons (Fsp3) is 0.0526. The number of hydrogen-bond acceptors (Lipinski definition) is 1. The van der Waals surface area contributed by atoms with Crippen LogP contribution in [0, 0.1) is 0 Å². The molecule has 0 atom stereocenters. The predicted molar refractivity (Wildman–Crippen MR) is 246 cm³/mol. The minimum atomic E-state index is -0.269. The molecular formula is C57H43N. The summed E-state index contributed by atoms with van der Waals surface area (Å²) in [5, 5.41) is 0. The molecule has 0 bridgehead atoms. The number of fused-ring (bicyclic) bond motifs is 2. The Balaban J connectivity index is 1.06. The molecule has 0 amide bonds. The highest BCUT2D eigenvalue weighted by Crippen LogP contribution is 2.53. The number of nitrogens with zero attached hydrogens (tertiary/aromatic N) is 1. The molecule has 10 rings (SSSR count). The lowest BCUT2D eigenvalue weighted by Gasteiger charge is -2.42. The highest BCUT2D eigenvalue weighted by atomic mass is 15.2. The van der Waals surface area contributed by atoms with Gasteiger partial charge in [-0.05, 0) is 120 Å². The molecule has 1 aliphatic heterocycles. The van der Waals surface area contributed by atoms with Crippen molar-refractivity contribution in [3.05, 3.63) is 236 Å². The molecule has 0 N–H and O–H groups in total. The Labute approximate surface area is 342 Å². The molecule has 9 aromatic rings. The van der Waals surface area contributed by atoms with Crippen molar-refractivity contribution < 1.29 is 0 Å². The lowest BCUT2D eigenvalue weighted by Crippen LogP contribution is -2.30. The van der Waals surface area contributed by atoms with Gasteiger partial charge in [-0.25, -0.2) is 0 Å². The van der Waals surface area contributed by atoms with E-state index in [1.807, 2.05) is 0 Å². The Morgan fingerprint density at radius 3 is 0.966 bits per heavy atom. The van der Waals surface area contributed by atoms with Crippen LogP contribution in [0.3, 0.4) is 0 Å². The highest BCUT2D eigenvalue weighted by Gasteiger charge is 2.37. The SMILES string of the molecule is CC1(C)c2cc(-c3ccc(-c4ccccc4)cc3)ccc2N(c2ccc(-c3ccc(-c4ccccc4)cc3)cc2)c2ccc(-c3cccc(-c4ccccc4)c3)cc21. The maximum atomic E-state index is 2.46. The van der Waals surface area contributed by atoms with Crippen LogP contribution < -0.4 is 4.90 Å². The van der Waals surface area contributed by atoms with E-state index in [1.165, 1.54) is 89.3 Å². The molecule has 58 heavy (non-hydrogen) atoms. The smallest absolute Gasteiger partial charge is 0.0503 e. The van der Waals surface area contributed by atoms with Gasteiger partial charge in [0.15, 0.2) is 0 Å². The van der Waals surface area contributed by atoms with Gasteiger partial charge < -0.3 is 4.90 Å². The third-order valence-electron chi connectivity index (χ3n) is 11.9. The Kier molecular flexibility index (Phi) is 8.92. The minimum absolute atomic E-state index is 0.269. The monoisotopic (exact) mass is 741 g/mol. The lowest BCUT2D eigenvalue weighted by atomic mass is 9.72. The first-order valence-corrected chi connectivity index (χ1v) is 20.2. The van der Waals surface area contributed by atoms with Crippen LogP contribution in [0.15, 0.2) is 224 Å². The van der Waals surface area contributed by atoms with Gasteiger partial charge >= 0.3 is 0 Å². The maximum Gasteiger partial charge on any atom is 0.0503 e. The summed E-state index contributed by atoms with van der Waals surface area (Å²) >= 11 is 0. The third kappa shape index (κ3) is 6.51. The fourth-order valence-corrected chi connectivity index (χ4v) is 8.66. The van der Waals surface area contributed by atoms with Crippen LogP contribution in [0.4, 0.5) is 17.1 Å². The van der Waals surface area contributed by atoms with Crippen molar-refractivity contribution in [1.82, 2.24) is 0 Å². The van der Waals surface area contributed by atoms with E-state index in [0.717, 1.165) is 5.69 Å². The lowest BCUT2D eigenvalue weighted by molar-refractivity contribution is 0.632. The van der Waals surface area contributed by atoms with Crippen molar-refractivity contribution in [2.45, 2.75) is 19.3 Å². The van der Waals surface area contributed by atoms with Crippen LogP contribution in [0.5, 0.6) is 0 Å². The summed E-state index contributed by atoms with van der Waals surface area (Å²) in [6.07, 6.45) is 0. The van der Waals surface area contributed by atoms with E-state index in [0.29, 0.717) is 0 Å². The first-order valence-electron chi connectivity index (χ1n) is 20.2. The average molecular weight is 742 g/mol. The molecule has 0 saturated carbocycles. The topological polar surface area (TPSA) is 3.24 Å². The number of benzene rings is 9. The van der Waals surface area contributed by atoms with E-state index >= 15 is 0 Å². The molecule has 0 unspecified atom stereocenters. The first kappa shape index (κ1) is 35.2. The summed E-state index contributed by atoms with van der Waals surface area (Å²) in [6.45, 7) is 4.77. The Morgan fingerprint density at radius 2 is 0.534 bits per heavy atom. The summed E-state index contributed by atoms with van der Waals surface area (Å²) in [5.41, 5.74) is 20.5. The van der Waals surface area contributed by atoms with Crippen molar-refractivity contribution in [3.8, 4) is 66.8 Å². The van der Waals surface area contributed by atoms with Crippen LogP contribution in [0.2, 0.25) is 0 Å². The number of anilines is 3. The second-order valence-electron chi connectivity index (χ2n) is 15.8. The van der Waals surface area contributed by atoms with Crippen molar-refractivity contribution in [1.29, 1.82) is 0 Å². The molecule has 0 spiro atoms. The Bertz CT molecular complexity index is 2850. The molecule has 1 aliphatic rings. The van der Waals surface area contributed by atoms with Gasteiger partial charge in [0.05, 0.1) is 11.4 Å². The summed E-state index contributed by atoms with van der Waals surface area (Å²) < 4.78 is 0. The van der Waals surface area contributed by atoms with Gasteiger partial charge in [-0.3, -0.25) is 0 Å². The van der Waals surface area contributed by atoms with E-state index < -0.39 is 0 Å². The fourth-order valence-electron chi connectivity index (χ4n) is 8.66. The Hall–Kier alpha value is -7.22. The van der Waals surface area contributed by atoms with Crippen LogP contribution in [-0.4, -0.2) is 0 Å². The van der Waals surface area contributed by atoms with Crippen LogP contribution >= 0.6 is 0 Å². The maximum absolute atomic E-state index is 2.46. The number of rotatable bonds is 7. The molecule has 0 fully saturated rings. The van der Waals surface area contributed by atoms with Crippen LogP contribution in [-0.2, 0) is 5.41 Å². The van der Waals surface area contributed by atoms with E-state index in [4.69, 9.17) is 0 Å². The highest BCUT2D eigenvalue weighted by molar-refractivity contribution is 5.90. The zero-order valence-corrected chi connectivity index (χ0v) is 32.8. The summed E-state index contributed by atoms with van der Waals surface area (Å²) in [6, 6.07) is 81.8. The van der Waals surface area contributed by atoms with Crippen molar-refractivity contribution >= 4 is 17.1 Å². The Morgan fingerprint density at radius 1 is 0.259 bits per heavy atom. The predicted octanol–water partition coefficient (Wildman–Crippen LogP) is 15.8. The van der Waals surface area contributed by atoms with Gasteiger partial charge in [0, 0.05) is 11.1 Å². The molecule has 0 aliphatic carbocycles. The van der Waals surface area contributed by atoms with Gasteiger partial charge in [-0.1, -0.05) is 196 Å². The largest absolute Gasteiger partial charge is 0.310 e. The second-order valence-corrected chi connectivity index (χ2v) is 15.8. The molecule has 0 aromatic heterocycles. The second kappa shape index (κ2) is 14.7. The molecular weight excluding hydrogens is 699 g/mol. The molecule has 1 heterocycles. The summed E-state index contributed by atoms with van der Waals surface area (Å²) in [7, 11) is 0. The zero-order valence-electron chi connectivity index (χ0n) is 32.8. The van der Waals surface area contributed by atoms with E-state index in [9.17, 15) is 0 Å². The third-order valence-corrected chi connectivity index (χ3v) is 11.9. The molecule has 0 radical (unpaired) electrons.